The number of benzene rings is 1. The van der Waals surface area contributed by atoms with Crippen LogP contribution in [-0.4, -0.2) is 24.1 Å². The third-order valence-electron chi connectivity index (χ3n) is 4.01. The third-order valence-corrected chi connectivity index (χ3v) is 4.01. The highest BCUT2D eigenvalue weighted by Gasteiger charge is 2.23. The number of nitrogens with one attached hydrogen (secondary N) is 1. The first-order valence-corrected chi connectivity index (χ1v) is 7.69. The Morgan fingerprint density at radius 2 is 2.23 bits per heavy atom. The molecule has 1 aliphatic heterocycles. The fraction of sp³-hybridized carbons (Fsp3) is 0.529. The number of ether oxygens (including phenoxy) is 1. The summed E-state index contributed by atoms with van der Waals surface area (Å²) in [6, 6.07) is 6.06. The zero-order chi connectivity index (χ0) is 15.7. The Kier molecular flexibility index (Phi) is 3.91. The molecule has 0 spiro atoms. The molecule has 0 radical (unpaired) electrons. The van der Waals surface area contributed by atoms with E-state index in [1.807, 2.05) is 6.07 Å². The average molecular weight is 302 g/mol. The predicted molar refractivity (Wildman–Crippen MR) is 83.5 cm³/mol. The van der Waals surface area contributed by atoms with E-state index in [0.717, 1.165) is 17.5 Å². The molecule has 5 nitrogen and oxygen atoms in total. The van der Waals surface area contributed by atoms with Crippen LogP contribution in [-0.2, 0) is 21.5 Å². The topological polar surface area (TPSA) is 64.4 Å². The molecule has 1 N–H and O–H groups in total. The minimum absolute atomic E-state index is 0.00939. The van der Waals surface area contributed by atoms with Crippen molar-refractivity contribution >= 4 is 17.0 Å². The standard InChI is InChI=1S/C17H22N2O3/c1-17(2,3)12-4-5-14-13(8-12)19-15(22-14)9-18-16(20)11-6-7-21-10-11/h4-5,8,11H,6-7,9-10H2,1-3H3,(H,18,20). The van der Waals surface area contributed by atoms with E-state index >= 15 is 0 Å². The summed E-state index contributed by atoms with van der Waals surface area (Å²) in [6.07, 6.45) is 0.786. The van der Waals surface area contributed by atoms with Gasteiger partial charge in [-0.05, 0) is 29.5 Å². The second kappa shape index (κ2) is 5.72. The lowest BCUT2D eigenvalue weighted by Gasteiger charge is -2.18. The highest BCUT2D eigenvalue weighted by atomic mass is 16.5. The van der Waals surface area contributed by atoms with Crippen LogP contribution in [0.1, 0.15) is 38.6 Å². The van der Waals surface area contributed by atoms with Crippen LogP contribution in [0.3, 0.4) is 0 Å². The molecule has 1 aliphatic rings. The minimum Gasteiger partial charge on any atom is -0.439 e. The van der Waals surface area contributed by atoms with E-state index in [9.17, 15) is 4.79 Å². The van der Waals surface area contributed by atoms with Crippen molar-refractivity contribution in [1.29, 1.82) is 0 Å². The van der Waals surface area contributed by atoms with Crippen LogP contribution >= 0.6 is 0 Å². The van der Waals surface area contributed by atoms with Crippen LogP contribution in [0, 0.1) is 5.92 Å². The molecule has 5 heteroatoms. The van der Waals surface area contributed by atoms with E-state index in [4.69, 9.17) is 9.15 Å². The molecule has 1 aromatic heterocycles. The number of amides is 1. The Bertz CT molecular complexity index is 679. The Labute approximate surface area is 130 Å². The number of oxazole rings is 1. The van der Waals surface area contributed by atoms with Gasteiger partial charge in [0.1, 0.15) is 5.52 Å². The minimum atomic E-state index is -0.0446. The van der Waals surface area contributed by atoms with E-state index < -0.39 is 0 Å². The predicted octanol–water partition coefficient (Wildman–Crippen LogP) is 2.78. The van der Waals surface area contributed by atoms with Gasteiger partial charge in [-0.2, -0.15) is 0 Å². The van der Waals surface area contributed by atoms with Crippen LogP contribution in [0.5, 0.6) is 0 Å². The summed E-state index contributed by atoms with van der Waals surface area (Å²) >= 11 is 0. The first-order chi connectivity index (χ1) is 10.4. The van der Waals surface area contributed by atoms with Crippen LogP contribution < -0.4 is 5.32 Å². The second-order valence-corrected chi connectivity index (χ2v) is 6.82. The fourth-order valence-corrected chi connectivity index (χ4v) is 2.57. The fourth-order valence-electron chi connectivity index (χ4n) is 2.57. The zero-order valence-electron chi connectivity index (χ0n) is 13.3. The Balaban J connectivity index is 1.70. The van der Waals surface area contributed by atoms with E-state index in [2.05, 4.69) is 43.2 Å². The maximum atomic E-state index is 12.0. The summed E-state index contributed by atoms with van der Waals surface area (Å²) in [6.45, 7) is 7.98. The van der Waals surface area contributed by atoms with E-state index in [1.165, 1.54) is 5.56 Å². The lowest BCUT2D eigenvalue weighted by Crippen LogP contribution is -2.30. The van der Waals surface area contributed by atoms with Crippen molar-refractivity contribution < 1.29 is 13.9 Å². The molecule has 1 atom stereocenters. The molecule has 1 saturated heterocycles. The lowest BCUT2D eigenvalue weighted by molar-refractivity contribution is -0.125. The van der Waals surface area contributed by atoms with Gasteiger partial charge in [0.05, 0.1) is 19.1 Å². The lowest BCUT2D eigenvalue weighted by atomic mass is 9.87. The number of aromatic nitrogens is 1. The van der Waals surface area contributed by atoms with E-state index in [0.29, 0.717) is 25.6 Å². The molecule has 118 valence electrons. The maximum Gasteiger partial charge on any atom is 0.225 e. The molecule has 1 unspecified atom stereocenters. The maximum absolute atomic E-state index is 12.0. The summed E-state index contributed by atoms with van der Waals surface area (Å²) in [5.41, 5.74) is 2.87. The first kappa shape index (κ1) is 15.0. The number of carbonyl (C=O) groups is 1. The molecule has 0 saturated carbocycles. The second-order valence-electron chi connectivity index (χ2n) is 6.82. The van der Waals surface area contributed by atoms with Crippen molar-refractivity contribution in [3.8, 4) is 0 Å². The highest BCUT2D eigenvalue weighted by Crippen LogP contribution is 2.26. The molecular formula is C17H22N2O3. The van der Waals surface area contributed by atoms with Gasteiger partial charge in [-0.15, -0.1) is 0 Å². The summed E-state index contributed by atoms with van der Waals surface area (Å²) in [7, 11) is 0. The van der Waals surface area contributed by atoms with Gasteiger partial charge in [0.15, 0.2) is 5.58 Å². The largest absolute Gasteiger partial charge is 0.439 e. The summed E-state index contributed by atoms with van der Waals surface area (Å²) in [5, 5.41) is 2.87. The first-order valence-electron chi connectivity index (χ1n) is 7.69. The summed E-state index contributed by atoms with van der Waals surface area (Å²) < 4.78 is 10.9. The van der Waals surface area contributed by atoms with Crippen molar-refractivity contribution in [3.05, 3.63) is 29.7 Å². The monoisotopic (exact) mass is 302 g/mol. The van der Waals surface area contributed by atoms with Gasteiger partial charge in [-0.1, -0.05) is 26.8 Å². The summed E-state index contributed by atoms with van der Waals surface area (Å²) in [5.74, 6) is 0.500. The van der Waals surface area contributed by atoms with Gasteiger partial charge in [-0.3, -0.25) is 4.79 Å². The molecule has 1 aromatic carbocycles. The molecule has 2 aromatic rings. The van der Waals surface area contributed by atoms with Crippen LogP contribution in [0.25, 0.3) is 11.1 Å². The Morgan fingerprint density at radius 3 is 2.91 bits per heavy atom. The van der Waals surface area contributed by atoms with E-state index in [-0.39, 0.29) is 17.2 Å². The Hall–Kier alpha value is -1.88. The quantitative estimate of drug-likeness (QED) is 0.947. The van der Waals surface area contributed by atoms with Gasteiger partial charge in [0.2, 0.25) is 11.8 Å². The van der Waals surface area contributed by atoms with Crippen molar-refractivity contribution in [2.45, 2.75) is 39.2 Å². The number of fused-ring (bicyclic) bond motifs is 1. The molecule has 22 heavy (non-hydrogen) atoms. The molecule has 1 fully saturated rings. The van der Waals surface area contributed by atoms with Crippen molar-refractivity contribution in [3.63, 3.8) is 0 Å². The van der Waals surface area contributed by atoms with Crippen LogP contribution in [0.2, 0.25) is 0 Å². The number of nitrogens with zero attached hydrogens (tertiary/aromatic N) is 1. The molecule has 0 aliphatic carbocycles. The van der Waals surface area contributed by atoms with Crippen molar-refractivity contribution in [2.24, 2.45) is 5.92 Å². The van der Waals surface area contributed by atoms with Crippen molar-refractivity contribution in [1.82, 2.24) is 10.3 Å². The Morgan fingerprint density at radius 1 is 1.41 bits per heavy atom. The van der Waals surface area contributed by atoms with Gasteiger partial charge in [0.25, 0.3) is 0 Å². The number of carbonyl (C=O) groups excluding carboxylic acids is 1. The van der Waals surface area contributed by atoms with Gasteiger partial charge < -0.3 is 14.5 Å². The number of rotatable bonds is 3. The SMILES string of the molecule is CC(C)(C)c1ccc2oc(CNC(=O)C3CCOC3)nc2c1. The molecule has 2 heterocycles. The molecule has 1 amide bonds. The third kappa shape index (κ3) is 3.14. The molecule has 3 rings (SSSR count). The van der Waals surface area contributed by atoms with Crippen LogP contribution in [0.15, 0.2) is 22.6 Å². The van der Waals surface area contributed by atoms with E-state index in [1.54, 1.807) is 0 Å². The van der Waals surface area contributed by atoms with Gasteiger partial charge >= 0.3 is 0 Å². The average Bonchev–Trinajstić information content (AvgIpc) is 3.11. The number of hydrogen-bond acceptors (Lipinski definition) is 4. The normalized spacial score (nSPS) is 18.8. The molecule has 0 bridgehead atoms. The van der Waals surface area contributed by atoms with Gasteiger partial charge in [-0.25, -0.2) is 4.98 Å². The number of hydrogen-bond donors (Lipinski definition) is 1. The zero-order valence-corrected chi connectivity index (χ0v) is 13.3. The smallest absolute Gasteiger partial charge is 0.225 e. The highest BCUT2D eigenvalue weighted by molar-refractivity contribution is 5.79. The van der Waals surface area contributed by atoms with Crippen LogP contribution in [0.4, 0.5) is 0 Å². The molecular weight excluding hydrogens is 280 g/mol. The van der Waals surface area contributed by atoms with Gasteiger partial charge in [0, 0.05) is 6.61 Å². The van der Waals surface area contributed by atoms with Crippen molar-refractivity contribution in [2.75, 3.05) is 13.2 Å². The summed E-state index contributed by atoms with van der Waals surface area (Å²) in [4.78, 5) is 16.4.